The lowest BCUT2D eigenvalue weighted by Gasteiger charge is -2.28. The van der Waals surface area contributed by atoms with E-state index in [0.717, 1.165) is 48.5 Å². The smallest absolute Gasteiger partial charge is 0.159 e. The number of rotatable bonds is 6. The van der Waals surface area contributed by atoms with Crippen LogP contribution in [0.5, 0.6) is 11.5 Å². The van der Waals surface area contributed by atoms with Gasteiger partial charge >= 0.3 is 0 Å². The van der Waals surface area contributed by atoms with Crippen LogP contribution < -0.4 is 9.47 Å². The minimum absolute atomic E-state index is 0.815. The van der Waals surface area contributed by atoms with E-state index in [1.165, 1.54) is 11.1 Å². The number of methoxy groups -OCH3 is 2. The highest BCUT2D eigenvalue weighted by Crippen LogP contribution is 2.23. The van der Waals surface area contributed by atoms with Crippen molar-refractivity contribution in [3.8, 4) is 11.5 Å². The molecule has 0 fully saturated rings. The largest absolute Gasteiger partial charge is 0.497 e. The van der Waals surface area contributed by atoms with Gasteiger partial charge in [-0.25, -0.2) is 0 Å². The topological polar surface area (TPSA) is 34.1 Å². The molecule has 2 aromatic rings. The molecule has 1 heterocycles. The minimum Gasteiger partial charge on any atom is -0.497 e. The Labute approximate surface area is 153 Å². The zero-order chi connectivity index (χ0) is 17.5. The lowest BCUT2D eigenvalue weighted by atomic mass is 10.1. The van der Waals surface area contributed by atoms with E-state index in [1.54, 1.807) is 14.2 Å². The highest BCUT2D eigenvalue weighted by molar-refractivity contribution is 8.13. The molecule has 5 heteroatoms. The molecule has 0 atom stereocenters. The van der Waals surface area contributed by atoms with Gasteiger partial charge in [0.05, 0.1) is 14.2 Å². The predicted octanol–water partition coefficient (Wildman–Crippen LogP) is 4.20. The molecule has 1 aliphatic heterocycles. The summed E-state index contributed by atoms with van der Waals surface area (Å²) < 4.78 is 10.6. The Morgan fingerprint density at radius 2 is 1.72 bits per heavy atom. The van der Waals surface area contributed by atoms with Crippen molar-refractivity contribution < 1.29 is 9.47 Å². The second-order valence-electron chi connectivity index (χ2n) is 5.92. The van der Waals surface area contributed by atoms with Crippen molar-refractivity contribution in [1.82, 2.24) is 4.90 Å². The zero-order valence-electron chi connectivity index (χ0n) is 14.8. The number of hydrogen-bond donors (Lipinski definition) is 0. The molecular weight excluding hydrogens is 332 g/mol. The molecule has 2 aromatic carbocycles. The third-order valence-corrected chi connectivity index (χ3v) is 5.23. The van der Waals surface area contributed by atoms with Crippen molar-refractivity contribution >= 4 is 16.9 Å². The summed E-state index contributed by atoms with van der Waals surface area (Å²) in [6, 6.07) is 16.5. The first-order valence-electron chi connectivity index (χ1n) is 8.46. The molecule has 0 N–H and O–H groups in total. The number of ether oxygens (including phenoxy) is 2. The molecule has 25 heavy (non-hydrogen) atoms. The van der Waals surface area contributed by atoms with E-state index in [-0.39, 0.29) is 0 Å². The van der Waals surface area contributed by atoms with Gasteiger partial charge in [0, 0.05) is 25.4 Å². The van der Waals surface area contributed by atoms with E-state index in [0.29, 0.717) is 0 Å². The van der Waals surface area contributed by atoms with Crippen LogP contribution in [-0.4, -0.2) is 36.6 Å². The molecule has 0 bridgehead atoms. The fourth-order valence-electron chi connectivity index (χ4n) is 2.77. The van der Waals surface area contributed by atoms with Crippen LogP contribution in [0.3, 0.4) is 0 Å². The lowest BCUT2D eigenvalue weighted by molar-refractivity contribution is 0.400. The van der Waals surface area contributed by atoms with E-state index in [9.17, 15) is 0 Å². The van der Waals surface area contributed by atoms with Crippen LogP contribution in [0.1, 0.15) is 17.5 Å². The van der Waals surface area contributed by atoms with E-state index in [4.69, 9.17) is 14.5 Å². The van der Waals surface area contributed by atoms with E-state index in [1.807, 2.05) is 36.0 Å². The molecule has 0 saturated carbocycles. The Bertz CT molecular complexity index is 716. The van der Waals surface area contributed by atoms with E-state index < -0.39 is 0 Å². The molecule has 4 nitrogen and oxygen atoms in total. The monoisotopic (exact) mass is 356 g/mol. The normalized spacial score (nSPS) is 13.9. The van der Waals surface area contributed by atoms with Crippen molar-refractivity contribution in [3.63, 3.8) is 0 Å². The Balaban J connectivity index is 1.79. The van der Waals surface area contributed by atoms with Gasteiger partial charge in [-0.2, -0.15) is 0 Å². The first kappa shape index (κ1) is 17.7. The highest BCUT2D eigenvalue weighted by atomic mass is 32.2. The summed E-state index contributed by atoms with van der Waals surface area (Å²) in [5.74, 6) is 2.91. The number of benzene rings is 2. The molecule has 0 amide bonds. The number of thioether (sulfide) groups is 1. The van der Waals surface area contributed by atoms with Crippen molar-refractivity contribution in [3.05, 3.63) is 59.7 Å². The lowest BCUT2D eigenvalue weighted by Crippen LogP contribution is -2.30. The van der Waals surface area contributed by atoms with Crippen LogP contribution in [0, 0.1) is 0 Å². The van der Waals surface area contributed by atoms with Gasteiger partial charge in [-0.15, -0.1) is 0 Å². The number of hydrogen-bond acceptors (Lipinski definition) is 5. The second-order valence-corrected chi connectivity index (χ2v) is 6.98. The van der Waals surface area contributed by atoms with Crippen LogP contribution in [0.15, 0.2) is 53.5 Å². The Kier molecular flexibility index (Phi) is 6.23. The van der Waals surface area contributed by atoms with Crippen molar-refractivity contribution in [2.45, 2.75) is 19.5 Å². The summed E-state index contributed by atoms with van der Waals surface area (Å²) in [4.78, 5) is 7.10. The van der Waals surface area contributed by atoms with Crippen molar-refractivity contribution in [2.75, 3.05) is 26.5 Å². The third kappa shape index (κ3) is 4.92. The third-order valence-electron chi connectivity index (χ3n) is 4.09. The van der Waals surface area contributed by atoms with Crippen LogP contribution in [0.2, 0.25) is 0 Å². The zero-order valence-corrected chi connectivity index (χ0v) is 15.6. The summed E-state index contributed by atoms with van der Waals surface area (Å²) in [6.45, 7) is 2.56. The van der Waals surface area contributed by atoms with Crippen LogP contribution in [-0.2, 0) is 13.1 Å². The van der Waals surface area contributed by atoms with Gasteiger partial charge in [0.25, 0.3) is 0 Å². The van der Waals surface area contributed by atoms with Crippen LogP contribution in [0.4, 0.5) is 0 Å². The Morgan fingerprint density at radius 3 is 2.40 bits per heavy atom. The maximum atomic E-state index is 5.36. The summed E-state index contributed by atoms with van der Waals surface area (Å²) in [7, 11) is 3.40. The Hall–Kier alpha value is -2.14. The van der Waals surface area contributed by atoms with Gasteiger partial charge in [0.1, 0.15) is 11.5 Å². The standard InChI is InChI=1S/C20H24N2O2S/c1-23-18-9-7-16(8-10-18)14-22(20-21-11-4-12-25-20)15-17-5-3-6-19(13-17)24-2/h3,5-10,13H,4,11-12,14-15H2,1-2H3. The molecule has 0 spiro atoms. The minimum atomic E-state index is 0.815. The molecule has 0 aromatic heterocycles. The SMILES string of the molecule is COc1ccc(CN(Cc2cccc(OC)c2)C2=NCCCS2)cc1. The maximum absolute atomic E-state index is 5.36. The van der Waals surface area contributed by atoms with Gasteiger partial charge in [-0.3, -0.25) is 4.99 Å². The second kappa shape index (κ2) is 8.81. The average molecular weight is 356 g/mol. The summed E-state index contributed by atoms with van der Waals surface area (Å²) in [5, 5.41) is 1.13. The molecule has 132 valence electrons. The molecular formula is C20H24N2O2S. The fourth-order valence-corrected chi connectivity index (χ4v) is 3.72. The Morgan fingerprint density at radius 1 is 0.960 bits per heavy atom. The van der Waals surface area contributed by atoms with Gasteiger partial charge < -0.3 is 14.4 Å². The summed E-state index contributed by atoms with van der Waals surface area (Å²) >= 11 is 1.85. The van der Waals surface area contributed by atoms with Crippen LogP contribution in [0.25, 0.3) is 0 Å². The predicted molar refractivity (Wildman–Crippen MR) is 105 cm³/mol. The van der Waals surface area contributed by atoms with Gasteiger partial charge in [0.15, 0.2) is 5.17 Å². The number of amidine groups is 1. The number of aliphatic imine (C=N–C) groups is 1. The highest BCUT2D eigenvalue weighted by Gasteiger charge is 2.16. The summed E-state index contributed by atoms with van der Waals surface area (Å²) in [6.07, 6.45) is 1.16. The molecule has 0 saturated heterocycles. The average Bonchev–Trinajstić information content (AvgIpc) is 2.69. The van der Waals surface area contributed by atoms with E-state index in [2.05, 4.69) is 29.2 Å². The first-order valence-corrected chi connectivity index (χ1v) is 9.45. The maximum Gasteiger partial charge on any atom is 0.159 e. The van der Waals surface area contributed by atoms with E-state index >= 15 is 0 Å². The van der Waals surface area contributed by atoms with Gasteiger partial charge in [-0.05, 0) is 41.8 Å². The first-order chi connectivity index (χ1) is 12.3. The summed E-state index contributed by atoms with van der Waals surface area (Å²) in [5.41, 5.74) is 2.47. The molecule has 3 rings (SSSR count). The fraction of sp³-hybridized carbons (Fsp3) is 0.350. The molecule has 1 aliphatic rings. The van der Waals surface area contributed by atoms with Crippen molar-refractivity contribution in [1.29, 1.82) is 0 Å². The number of nitrogens with zero attached hydrogens (tertiary/aromatic N) is 2. The molecule has 0 radical (unpaired) electrons. The van der Waals surface area contributed by atoms with Gasteiger partial charge in [-0.1, -0.05) is 36.0 Å². The van der Waals surface area contributed by atoms with Gasteiger partial charge in [0.2, 0.25) is 0 Å². The van der Waals surface area contributed by atoms with Crippen molar-refractivity contribution in [2.24, 2.45) is 4.99 Å². The van der Waals surface area contributed by atoms with Crippen LogP contribution >= 0.6 is 11.8 Å². The quantitative estimate of drug-likeness (QED) is 0.777. The molecule has 0 aliphatic carbocycles. The molecule has 0 unspecified atom stereocenters.